The first-order chi connectivity index (χ1) is 12.4. The highest BCUT2D eigenvalue weighted by Gasteiger charge is 2.20. The minimum Gasteiger partial charge on any atom is -0.316 e. The molecule has 1 amide bonds. The minimum absolute atomic E-state index is 0.243. The second kappa shape index (κ2) is 7.43. The standard InChI is InChI=1S/C19H18ClN3O2S/c1-12-17(19(25)23(22(12)2)13-7-5-4-6-8-13)21-18(24)15-11-14(26-3)9-10-16(15)20/h4-11H,1-3H3,(H,21,24). The van der Waals surface area contributed by atoms with Gasteiger partial charge in [-0.25, -0.2) is 4.68 Å². The zero-order valence-electron chi connectivity index (χ0n) is 14.6. The van der Waals surface area contributed by atoms with Gasteiger partial charge in [-0.2, -0.15) is 0 Å². The van der Waals surface area contributed by atoms with Crippen LogP contribution in [0.4, 0.5) is 5.69 Å². The SMILES string of the molecule is CSc1ccc(Cl)c(C(=O)Nc2c(C)n(C)n(-c3ccccc3)c2=O)c1. The van der Waals surface area contributed by atoms with Crippen LogP contribution in [0.5, 0.6) is 0 Å². The molecule has 0 atom stereocenters. The number of anilines is 1. The van der Waals surface area contributed by atoms with Crippen molar-refractivity contribution < 1.29 is 4.79 Å². The normalized spacial score (nSPS) is 10.8. The van der Waals surface area contributed by atoms with E-state index in [1.807, 2.05) is 42.7 Å². The summed E-state index contributed by atoms with van der Waals surface area (Å²) < 4.78 is 3.23. The number of aromatic nitrogens is 2. The van der Waals surface area contributed by atoms with Gasteiger partial charge in [0.1, 0.15) is 5.69 Å². The zero-order chi connectivity index (χ0) is 18.8. The van der Waals surface area contributed by atoms with Crippen molar-refractivity contribution >= 4 is 35.0 Å². The van der Waals surface area contributed by atoms with Crippen LogP contribution in [0.15, 0.2) is 58.2 Å². The predicted molar refractivity (Wildman–Crippen MR) is 107 cm³/mol. The Hall–Kier alpha value is -2.44. The number of carbonyl (C=O) groups excluding carboxylic acids is 1. The van der Waals surface area contributed by atoms with Crippen LogP contribution in [-0.4, -0.2) is 21.5 Å². The lowest BCUT2D eigenvalue weighted by atomic mass is 10.2. The third kappa shape index (κ3) is 3.30. The van der Waals surface area contributed by atoms with E-state index in [0.29, 0.717) is 16.3 Å². The first-order valence-corrected chi connectivity index (χ1v) is 9.53. The topological polar surface area (TPSA) is 56.0 Å². The maximum absolute atomic E-state index is 12.9. The molecule has 134 valence electrons. The quantitative estimate of drug-likeness (QED) is 0.685. The van der Waals surface area contributed by atoms with E-state index < -0.39 is 5.91 Å². The molecule has 0 aliphatic carbocycles. The molecule has 1 aromatic heterocycles. The van der Waals surface area contributed by atoms with Crippen LogP contribution < -0.4 is 10.9 Å². The van der Waals surface area contributed by atoms with E-state index in [4.69, 9.17) is 11.6 Å². The third-order valence-electron chi connectivity index (χ3n) is 4.21. The summed E-state index contributed by atoms with van der Waals surface area (Å²) in [5, 5.41) is 3.08. The number of hydrogen-bond acceptors (Lipinski definition) is 3. The molecule has 0 unspecified atom stereocenters. The molecule has 26 heavy (non-hydrogen) atoms. The molecular weight excluding hydrogens is 370 g/mol. The average Bonchev–Trinajstić information content (AvgIpc) is 2.86. The molecule has 7 heteroatoms. The van der Waals surface area contributed by atoms with Gasteiger partial charge >= 0.3 is 0 Å². The molecule has 0 saturated heterocycles. The number of nitrogens with zero attached hydrogens (tertiary/aromatic N) is 2. The Morgan fingerprint density at radius 2 is 1.85 bits per heavy atom. The second-order valence-corrected chi connectivity index (χ2v) is 7.02. The molecule has 1 heterocycles. The number of para-hydroxylation sites is 1. The Bertz CT molecular complexity index is 1030. The Balaban J connectivity index is 2.02. The Kier molecular flexibility index (Phi) is 5.25. The van der Waals surface area contributed by atoms with E-state index >= 15 is 0 Å². The van der Waals surface area contributed by atoms with Crippen LogP contribution in [0.3, 0.4) is 0 Å². The first-order valence-electron chi connectivity index (χ1n) is 7.93. The van der Waals surface area contributed by atoms with Gasteiger partial charge in [-0.05, 0) is 43.5 Å². The Morgan fingerprint density at radius 1 is 1.15 bits per heavy atom. The van der Waals surface area contributed by atoms with E-state index in [9.17, 15) is 9.59 Å². The van der Waals surface area contributed by atoms with Gasteiger partial charge in [0.25, 0.3) is 11.5 Å². The highest BCUT2D eigenvalue weighted by molar-refractivity contribution is 7.98. The van der Waals surface area contributed by atoms with Crippen molar-refractivity contribution in [2.24, 2.45) is 7.05 Å². The van der Waals surface area contributed by atoms with Gasteiger partial charge < -0.3 is 5.32 Å². The Morgan fingerprint density at radius 3 is 2.50 bits per heavy atom. The van der Waals surface area contributed by atoms with Gasteiger partial charge in [0.2, 0.25) is 0 Å². The molecule has 3 rings (SSSR count). The molecule has 2 aromatic carbocycles. The number of amides is 1. The lowest BCUT2D eigenvalue weighted by molar-refractivity contribution is 0.102. The van der Waals surface area contributed by atoms with Gasteiger partial charge in [0.15, 0.2) is 0 Å². The molecule has 0 radical (unpaired) electrons. The van der Waals surface area contributed by atoms with E-state index in [-0.39, 0.29) is 11.2 Å². The maximum Gasteiger partial charge on any atom is 0.295 e. The summed E-state index contributed by atoms with van der Waals surface area (Å²) >= 11 is 7.68. The number of hydrogen-bond donors (Lipinski definition) is 1. The van der Waals surface area contributed by atoms with Gasteiger partial charge in [0, 0.05) is 11.9 Å². The summed E-state index contributed by atoms with van der Waals surface area (Å²) in [4.78, 5) is 26.5. The van der Waals surface area contributed by atoms with Crippen molar-refractivity contribution in [1.82, 2.24) is 9.36 Å². The van der Waals surface area contributed by atoms with Crippen molar-refractivity contribution in [3.8, 4) is 5.69 Å². The molecule has 0 bridgehead atoms. The van der Waals surface area contributed by atoms with Crippen LogP contribution >= 0.6 is 23.4 Å². The predicted octanol–water partition coefficient (Wildman–Crippen LogP) is 4.11. The number of benzene rings is 2. The van der Waals surface area contributed by atoms with Crippen LogP contribution in [-0.2, 0) is 7.05 Å². The average molecular weight is 388 g/mol. The monoisotopic (exact) mass is 387 g/mol. The smallest absolute Gasteiger partial charge is 0.295 e. The lowest BCUT2D eigenvalue weighted by Gasteiger charge is -2.07. The van der Waals surface area contributed by atoms with Crippen molar-refractivity contribution in [3.63, 3.8) is 0 Å². The first kappa shape index (κ1) is 18.4. The van der Waals surface area contributed by atoms with Gasteiger partial charge in [-0.15, -0.1) is 11.8 Å². The summed E-state index contributed by atoms with van der Waals surface area (Å²) in [6.45, 7) is 1.79. The third-order valence-corrected chi connectivity index (χ3v) is 5.27. The number of nitrogens with one attached hydrogen (secondary N) is 1. The van der Waals surface area contributed by atoms with E-state index in [1.165, 1.54) is 16.4 Å². The van der Waals surface area contributed by atoms with Gasteiger partial charge in [-0.3, -0.25) is 14.3 Å². The maximum atomic E-state index is 12.9. The fourth-order valence-corrected chi connectivity index (χ4v) is 3.34. The van der Waals surface area contributed by atoms with Gasteiger partial charge in [-0.1, -0.05) is 29.8 Å². The summed E-state index contributed by atoms with van der Waals surface area (Å²) in [5.74, 6) is -0.406. The van der Waals surface area contributed by atoms with Crippen molar-refractivity contribution in [2.45, 2.75) is 11.8 Å². The van der Waals surface area contributed by atoms with Crippen LogP contribution in [0.2, 0.25) is 5.02 Å². The molecule has 3 aromatic rings. The lowest BCUT2D eigenvalue weighted by Crippen LogP contribution is -2.23. The molecule has 1 N–H and O–H groups in total. The summed E-state index contributed by atoms with van der Waals surface area (Å²) in [5.41, 5.74) is 1.68. The van der Waals surface area contributed by atoms with E-state index in [1.54, 1.807) is 30.8 Å². The summed E-state index contributed by atoms with van der Waals surface area (Å²) in [6.07, 6.45) is 1.92. The highest BCUT2D eigenvalue weighted by atomic mass is 35.5. The highest BCUT2D eigenvalue weighted by Crippen LogP contribution is 2.24. The fraction of sp³-hybridized carbons (Fsp3) is 0.158. The molecule has 0 aliphatic rings. The molecule has 0 fully saturated rings. The largest absolute Gasteiger partial charge is 0.316 e. The minimum atomic E-state index is -0.406. The van der Waals surface area contributed by atoms with E-state index in [0.717, 1.165) is 10.6 Å². The van der Waals surface area contributed by atoms with E-state index in [2.05, 4.69) is 5.32 Å². The second-order valence-electron chi connectivity index (χ2n) is 5.74. The fourth-order valence-electron chi connectivity index (χ4n) is 2.70. The number of halogens is 1. The van der Waals surface area contributed by atoms with Crippen molar-refractivity contribution in [2.75, 3.05) is 11.6 Å². The molecule has 5 nitrogen and oxygen atoms in total. The Labute approximate surface area is 160 Å². The number of thioether (sulfide) groups is 1. The molecular formula is C19H18ClN3O2S. The number of rotatable bonds is 4. The van der Waals surface area contributed by atoms with Crippen LogP contribution in [0, 0.1) is 6.92 Å². The number of carbonyl (C=O) groups is 1. The molecule has 0 spiro atoms. The van der Waals surface area contributed by atoms with Crippen molar-refractivity contribution in [1.29, 1.82) is 0 Å². The molecule has 0 aliphatic heterocycles. The van der Waals surface area contributed by atoms with Gasteiger partial charge in [0.05, 0.1) is 22.0 Å². The van der Waals surface area contributed by atoms with Crippen molar-refractivity contribution in [3.05, 3.63) is 75.2 Å². The van der Waals surface area contributed by atoms with Crippen LogP contribution in [0.25, 0.3) is 5.69 Å². The summed E-state index contributed by atoms with van der Waals surface area (Å²) in [7, 11) is 1.78. The molecule has 0 saturated carbocycles. The van der Waals surface area contributed by atoms with Crippen LogP contribution in [0.1, 0.15) is 16.1 Å². The zero-order valence-corrected chi connectivity index (χ0v) is 16.2. The summed E-state index contributed by atoms with van der Waals surface area (Å²) in [6, 6.07) is 14.5.